The molecule has 0 atom stereocenters. The Hall–Kier alpha value is -1.87. The lowest BCUT2D eigenvalue weighted by molar-refractivity contribution is 0.609. The fraction of sp³-hybridized carbons (Fsp3) is 0.118. The summed E-state index contributed by atoms with van der Waals surface area (Å²) < 4.78 is 36.9. The minimum absolute atomic E-state index is 0.0366. The second-order valence-corrected chi connectivity index (χ2v) is 7.97. The van der Waals surface area contributed by atoms with Crippen LogP contribution in [0.25, 0.3) is 6.08 Å². The second-order valence-electron chi connectivity index (χ2n) is 5.17. The standard InChI is InChI=1S/C17H12Cl2FNO2S/c1-24(22,23)14(10-21)9-13-7-11(3-5-17(13)20)6-12-2-4-15(18)16(19)8-12/h2-5,7-9H,6H2,1H3/b14-9+. The number of rotatable bonds is 4. The van der Waals surface area contributed by atoms with Crippen LogP contribution in [0.4, 0.5) is 4.39 Å². The van der Waals surface area contributed by atoms with E-state index in [0.29, 0.717) is 16.5 Å². The van der Waals surface area contributed by atoms with Gasteiger partial charge in [-0.05, 0) is 47.9 Å². The third kappa shape index (κ3) is 4.57. The Balaban J connectivity index is 2.40. The molecule has 0 fully saturated rings. The molecule has 7 heteroatoms. The Bertz CT molecular complexity index is 963. The number of hydrogen-bond donors (Lipinski definition) is 0. The normalized spacial score (nSPS) is 12.0. The van der Waals surface area contributed by atoms with E-state index in [9.17, 15) is 12.8 Å². The summed E-state index contributed by atoms with van der Waals surface area (Å²) in [6, 6.07) is 11.1. The average molecular weight is 384 g/mol. The smallest absolute Gasteiger partial charge is 0.185 e. The zero-order valence-corrected chi connectivity index (χ0v) is 14.9. The molecule has 24 heavy (non-hydrogen) atoms. The molecule has 0 aromatic heterocycles. The van der Waals surface area contributed by atoms with Crippen molar-refractivity contribution in [1.82, 2.24) is 0 Å². The predicted molar refractivity (Wildman–Crippen MR) is 94.1 cm³/mol. The van der Waals surface area contributed by atoms with Crippen LogP contribution in [-0.2, 0) is 16.3 Å². The highest BCUT2D eigenvalue weighted by atomic mass is 35.5. The van der Waals surface area contributed by atoms with Gasteiger partial charge in [-0.2, -0.15) is 5.26 Å². The van der Waals surface area contributed by atoms with E-state index in [0.717, 1.165) is 23.5 Å². The Morgan fingerprint density at radius 1 is 1.17 bits per heavy atom. The molecule has 2 aromatic carbocycles. The minimum Gasteiger partial charge on any atom is -0.223 e. The molecule has 0 aliphatic heterocycles. The molecule has 0 amide bonds. The van der Waals surface area contributed by atoms with Crippen molar-refractivity contribution in [3.05, 3.63) is 73.9 Å². The molecule has 0 bridgehead atoms. The lowest BCUT2D eigenvalue weighted by Gasteiger charge is -2.06. The van der Waals surface area contributed by atoms with E-state index in [-0.39, 0.29) is 5.56 Å². The van der Waals surface area contributed by atoms with Crippen molar-refractivity contribution in [2.24, 2.45) is 0 Å². The number of hydrogen-bond acceptors (Lipinski definition) is 3. The monoisotopic (exact) mass is 383 g/mol. The summed E-state index contributed by atoms with van der Waals surface area (Å²) in [6.45, 7) is 0. The molecule has 0 N–H and O–H groups in total. The van der Waals surface area contributed by atoms with Crippen LogP contribution in [-0.4, -0.2) is 14.7 Å². The van der Waals surface area contributed by atoms with E-state index in [1.165, 1.54) is 12.1 Å². The maximum Gasteiger partial charge on any atom is 0.185 e. The van der Waals surface area contributed by atoms with Gasteiger partial charge in [0, 0.05) is 11.8 Å². The third-order valence-corrected chi connectivity index (χ3v) is 5.00. The van der Waals surface area contributed by atoms with Gasteiger partial charge in [-0.15, -0.1) is 0 Å². The molecule has 0 unspecified atom stereocenters. The number of allylic oxidation sites excluding steroid dienone is 1. The largest absolute Gasteiger partial charge is 0.223 e. The summed E-state index contributed by atoms with van der Waals surface area (Å²) in [4.78, 5) is -0.493. The lowest BCUT2D eigenvalue weighted by Crippen LogP contribution is -1.99. The molecule has 124 valence electrons. The van der Waals surface area contributed by atoms with Crippen LogP contribution < -0.4 is 0 Å². The van der Waals surface area contributed by atoms with Gasteiger partial charge >= 0.3 is 0 Å². The summed E-state index contributed by atoms with van der Waals surface area (Å²) in [7, 11) is -3.71. The van der Waals surface area contributed by atoms with Crippen LogP contribution in [0, 0.1) is 17.1 Å². The van der Waals surface area contributed by atoms with Crippen molar-refractivity contribution < 1.29 is 12.8 Å². The first-order valence-corrected chi connectivity index (χ1v) is 9.39. The first-order chi connectivity index (χ1) is 11.2. The molecule has 3 nitrogen and oxygen atoms in total. The van der Waals surface area contributed by atoms with Crippen LogP contribution in [0.1, 0.15) is 16.7 Å². The molecular formula is C17H12Cl2FNO2S. The van der Waals surface area contributed by atoms with E-state index >= 15 is 0 Å². The molecule has 2 aromatic rings. The maximum atomic E-state index is 13.9. The van der Waals surface area contributed by atoms with Crippen LogP contribution in [0.15, 0.2) is 41.3 Å². The SMILES string of the molecule is CS(=O)(=O)/C(C#N)=C/c1cc(Cc2ccc(Cl)c(Cl)c2)ccc1F. The summed E-state index contributed by atoms with van der Waals surface area (Å²) in [5.74, 6) is -0.607. The topological polar surface area (TPSA) is 57.9 Å². The van der Waals surface area contributed by atoms with Gasteiger partial charge in [-0.3, -0.25) is 0 Å². The van der Waals surface area contributed by atoms with Crippen LogP contribution in [0.5, 0.6) is 0 Å². The van der Waals surface area contributed by atoms with Gasteiger partial charge in [0.15, 0.2) is 9.84 Å². The van der Waals surface area contributed by atoms with Gasteiger partial charge in [0.2, 0.25) is 0 Å². The van der Waals surface area contributed by atoms with Crippen molar-refractivity contribution >= 4 is 39.1 Å². The van der Waals surface area contributed by atoms with E-state index in [2.05, 4.69) is 0 Å². The summed E-state index contributed by atoms with van der Waals surface area (Å²) in [5, 5.41) is 9.78. The zero-order chi connectivity index (χ0) is 17.9. The second kappa shape index (κ2) is 7.35. The minimum atomic E-state index is -3.71. The van der Waals surface area contributed by atoms with E-state index < -0.39 is 20.6 Å². The Kier molecular flexibility index (Phi) is 5.66. The van der Waals surface area contributed by atoms with Crippen molar-refractivity contribution in [3.8, 4) is 6.07 Å². The van der Waals surface area contributed by atoms with Crippen molar-refractivity contribution in [2.75, 3.05) is 6.26 Å². The number of nitrogens with zero attached hydrogens (tertiary/aromatic N) is 1. The highest BCUT2D eigenvalue weighted by Gasteiger charge is 2.12. The molecule has 0 aliphatic rings. The number of benzene rings is 2. The first kappa shape index (κ1) is 18.5. The van der Waals surface area contributed by atoms with Gasteiger partial charge < -0.3 is 0 Å². The van der Waals surface area contributed by atoms with Gasteiger partial charge in [-0.25, -0.2) is 12.8 Å². The van der Waals surface area contributed by atoms with Crippen molar-refractivity contribution in [2.45, 2.75) is 6.42 Å². The zero-order valence-electron chi connectivity index (χ0n) is 12.6. The van der Waals surface area contributed by atoms with Gasteiger partial charge in [0.05, 0.1) is 10.0 Å². The lowest BCUT2D eigenvalue weighted by atomic mass is 10.0. The molecule has 0 radical (unpaired) electrons. The molecule has 0 spiro atoms. The molecule has 2 rings (SSSR count). The molecule has 0 aliphatic carbocycles. The number of nitriles is 1. The fourth-order valence-corrected chi connectivity index (χ4v) is 2.89. The molecule has 0 heterocycles. The summed E-state index contributed by atoms with van der Waals surface area (Å²) in [6.07, 6.45) is 2.39. The van der Waals surface area contributed by atoms with Crippen LogP contribution in [0.3, 0.4) is 0 Å². The average Bonchev–Trinajstić information content (AvgIpc) is 2.50. The highest BCUT2D eigenvalue weighted by Crippen LogP contribution is 2.25. The van der Waals surface area contributed by atoms with Crippen LogP contribution >= 0.6 is 23.2 Å². The Labute approximate surface area is 149 Å². The Morgan fingerprint density at radius 2 is 1.79 bits per heavy atom. The van der Waals surface area contributed by atoms with E-state index in [1.807, 2.05) is 0 Å². The van der Waals surface area contributed by atoms with Gasteiger partial charge in [0.25, 0.3) is 0 Å². The quantitative estimate of drug-likeness (QED) is 0.722. The highest BCUT2D eigenvalue weighted by molar-refractivity contribution is 7.95. The number of sulfone groups is 1. The third-order valence-electron chi connectivity index (χ3n) is 3.25. The van der Waals surface area contributed by atoms with Crippen LogP contribution in [0.2, 0.25) is 10.0 Å². The number of halogens is 3. The molecular weight excluding hydrogens is 372 g/mol. The van der Waals surface area contributed by atoms with E-state index in [4.69, 9.17) is 28.5 Å². The van der Waals surface area contributed by atoms with Crippen molar-refractivity contribution in [3.63, 3.8) is 0 Å². The molecule has 0 saturated heterocycles. The van der Waals surface area contributed by atoms with Crippen molar-refractivity contribution in [1.29, 1.82) is 5.26 Å². The van der Waals surface area contributed by atoms with E-state index in [1.54, 1.807) is 30.3 Å². The van der Waals surface area contributed by atoms with Gasteiger partial charge in [0.1, 0.15) is 16.8 Å². The fourth-order valence-electron chi connectivity index (χ4n) is 2.06. The summed E-state index contributed by atoms with van der Waals surface area (Å²) >= 11 is 11.8. The molecule has 0 saturated carbocycles. The first-order valence-electron chi connectivity index (χ1n) is 6.75. The summed E-state index contributed by atoms with van der Waals surface area (Å²) in [5.41, 5.74) is 1.65. The Morgan fingerprint density at radius 3 is 2.38 bits per heavy atom. The van der Waals surface area contributed by atoms with Gasteiger partial charge in [-0.1, -0.05) is 35.3 Å². The predicted octanol–water partition coefficient (Wildman–Crippen LogP) is 4.63. The maximum absolute atomic E-state index is 13.9.